The van der Waals surface area contributed by atoms with Gasteiger partial charge in [-0.25, -0.2) is 0 Å². The zero-order chi connectivity index (χ0) is 27.7. The van der Waals surface area contributed by atoms with Crippen LogP contribution in [0, 0.1) is 11.8 Å². The summed E-state index contributed by atoms with van der Waals surface area (Å²) in [5.41, 5.74) is 2.79. The number of rotatable bonds is 5. The number of carbonyl (C=O) groups is 2. The van der Waals surface area contributed by atoms with E-state index in [1.54, 1.807) is 24.3 Å². The molecule has 2 aromatic carbocycles. The van der Waals surface area contributed by atoms with Gasteiger partial charge in [-0.1, -0.05) is 47.5 Å². The lowest BCUT2D eigenvalue weighted by Gasteiger charge is -2.33. The zero-order valence-corrected chi connectivity index (χ0v) is 23.0. The second-order valence-corrected chi connectivity index (χ2v) is 11.6. The van der Waals surface area contributed by atoms with Crippen LogP contribution in [0.15, 0.2) is 48.6 Å². The highest BCUT2D eigenvalue weighted by molar-refractivity contribution is 6.36. The molecule has 0 spiro atoms. The minimum Gasteiger partial charge on any atom is -0.339 e. The molecule has 0 N–H and O–H groups in total. The predicted octanol–water partition coefficient (Wildman–Crippen LogP) is 7.57. The van der Waals surface area contributed by atoms with Gasteiger partial charge in [0.05, 0.1) is 5.92 Å². The molecule has 2 amide bonds. The number of allylic oxidation sites excluding steroid dienone is 1. The fraction of sp³-hybridized carbons (Fsp3) is 0.467. The summed E-state index contributed by atoms with van der Waals surface area (Å²) in [5.74, 6) is -1.58. The molecule has 0 saturated carbocycles. The Kier molecular flexibility index (Phi) is 8.29. The average molecular weight is 579 g/mol. The highest BCUT2D eigenvalue weighted by Gasteiger charge is 2.42. The maximum absolute atomic E-state index is 13.1. The summed E-state index contributed by atoms with van der Waals surface area (Å²) >= 11 is 13.3. The van der Waals surface area contributed by atoms with Gasteiger partial charge in [-0.3, -0.25) is 9.59 Å². The van der Waals surface area contributed by atoms with Crippen molar-refractivity contribution in [2.75, 3.05) is 19.6 Å². The number of hydrogen-bond acceptors (Lipinski definition) is 2. The van der Waals surface area contributed by atoms with Crippen LogP contribution >= 0.6 is 23.2 Å². The Morgan fingerprint density at radius 2 is 1.56 bits per heavy atom. The van der Waals surface area contributed by atoms with E-state index in [-0.39, 0.29) is 49.7 Å². The second-order valence-electron chi connectivity index (χ2n) is 10.8. The van der Waals surface area contributed by atoms with Gasteiger partial charge in [-0.2, -0.15) is 13.2 Å². The van der Waals surface area contributed by atoms with E-state index in [0.29, 0.717) is 22.0 Å². The summed E-state index contributed by atoms with van der Waals surface area (Å²) < 4.78 is 38.8. The Bertz CT molecular complexity index is 1230. The molecule has 1 aliphatic carbocycles. The van der Waals surface area contributed by atoms with Gasteiger partial charge in [0.15, 0.2) is 0 Å². The summed E-state index contributed by atoms with van der Waals surface area (Å²) in [5, 5.41) is 0.995. The largest absolute Gasteiger partial charge is 0.391 e. The van der Waals surface area contributed by atoms with Crippen molar-refractivity contribution >= 4 is 35.0 Å². The van der Waals surface area contributed by atoms with Gasteiger partial charge in [0.25, 0.3) is 5.91 Å². The van der Waals surface area contributed by atoms with Crippen LogP contribution in [0.25, 0.3) is 11.1 Å². The van der Waals surface area contributed by atoms with Crippen molar-refractivity contribution in [3.8, 4) is 11.1 Å². The first-order valence-electron chi connectivity index (χ1n) is 13.5. The highest BCUT2D eigenvalue weighted by atomic mass is 35.5. The number of amides is 2. The number of likely N-dealkylation sites (tertiary alicyclic amines) is 2. The lowest BCUT2D eigenvalue weighted by molar-refractivity contribution is -0.183. The molecule has 2 atom stereocenters. The maximum Gasteiger partial charge on any atom is 0.391 e. The van der Waals surface area contributed by atoms with Gasteiger partial charge in [0.1, 0.15) is 0 Å². The Balaban J connectivity index is 1.23. The van der Waals surface area contributed by atoms with E-state index in [1.165, 1.54) is 4.90 Å². The van der Waals surface area contributed by atoms with Crippen molar-refractivity contribution < 1.29 is 22.8 Å². The van der Waals surface area contributed by atoms with E-state index in [4.69, 9.17) is 23.2 Å². The van der Waals surface area contributed by atoms with Gasteiger partial charge < -0.3 is 9.80 Å². The molecule has 9 heteroatoms. The summed E-state index contributed by atoms with van der Waals surface area (Å²) in [6.45, 7) is 0.952. The summed E-state index contributed by atoms with van der Waals surface area (Å²) in [7, 11) is 0. The maximum atomic E-state index is 13.1. The van der Waals surface area contributed by atoms with Crippen LogP contribution in [0.5, 0.6) is 0 Å². The molecule has 3 aliphatic rings. The van der Waals surface area contributed by atoms with Gasteiger partial charge in [-0.15, -0.1) is 0 Å². The van der Waals surface area contributed by atoms with Crippen molar-refractivity contribution in [1.82, 2.24) is 9.80 Å². The smallest absolute Gasteiger partial charge is 0.339 e. The quantitative estimate of drug-likeness (QED) is 0.343. The Morgan fingerprint density at radius 1 is 0.897 bits per heavy atom. The SMILES string of the molecule is O=C(c1ccc(-c2cc(Cl)c(CC3CCN([C@H]4CC=CCC4)C3=O)c(Cl)c2)cc1)N1CCC(C(F)(F)F)CC1. The number of halogens is 5. The summed E-state index contributed by atoms with van der Waals surface area (Å²) in [4.78, 5) is 29.5. The van der Waals surface area contributed by atoms with Crippen LogP contribution in [0.4, 0.5) is 13.2 Å². The minimum atomic E-state index is -4.21. The van der Waals surface area contributed by atoms with Crippen molar-refractivity contribution in [3.63, 3.8) is 0 Å². The number of carbonyl (C=O) groups excluding carboxylic acids is 2. The molecule has 2 heterocycles. The van der Waals surface area contributed by atoms with Crippen LogP contribution in [-0.2, 0) is 11.2 Å². The third-order valence-corrected chi connectivity index (χ3v) is 9.01. The molecule has 1 unspecified atom stereocenters. The molecule has 0 radical (unpaired) electrons. The predicted molar refractivity (Wildman–Crippen MR) is 147 cm³/mol. The molecule has 2 saturated heterocycles. The lowest BCUT2D eigenvalue weighted by atomic mass is 9.94. The topological polar surface area (TPSA) is 40.6 Å². The van der Waals surface area contributed by atoms with E-state index in [9.17, 15) is 22.8 Å². The second kappa shape index (κ2) is 11.5. The fourth-order valence-corrected chi connectivity index (χ4v) is 6.63. The van der Waals surface area contributed by atoms with Crippen LogP contribution < -0.4 is 0 Å². The van der Waals surface area contributed by atoms with Crippen LogP contribution in [0.1, 0.15) is 54.4 Å². The van der Waals surface area contributed by atoms with Crippen LogP contribution in [0.2, 0.25) is 10.0 Å². The fourth-order valence-electron chi connectivity index (χ4n) is 5.98. The van der Waals surface area contributed by atoms with E-state index in [2.05, 4.69) is 12.2 Å². The monoisotopic (exact) mass is 578 g/mol. The lowest BCUT2D eigenvalue weighted by Crippen LogP contribution is -2.42. The molecule has 2 aliphatic heterocycles. The van der Waals surface area contributed by atoms with E-state index < -0.39 is 12.1 Å². The van der Waals surface area contributed by atoms with Gasteiger partial charge >= 0.3 is 6.18 Å². The summed E-state index contributed by atoms with van der Waals surface area (Å²) in [6, 6.07) is 10.9. The number of alkyl halides is 3. The number of benzene rings is 2. The first kappa shape index (κ1) is 28.0. The first-order chi connectivity index (χ1) is 18.6. The van der Waals surface area contributed by atoms with Crippen molar-refractivity contribution in [3.05, 3.63) is 69.7 Å². The molecular weight excluding hydrogens is 548 g/mol. The van der Waals surface area contributed by atoms with Crippen molar-refractivity contribution in [2.45, 2.75) is 57.2 Å². The number of piperidine rings is 1. The molecule has 2 aromatic rings. The standard InChI is InChI=1S/C30H31Cl2F3N2O2/c31-26-17-22(18-27(32)25(26)16-21-10-15-37(29(21)39)24-4-2-1-3-5-24)19-6-8-20(9-7-19)28(38)36-13-11-23(12-14-36)30(33,34)35/h1-2,6-9,17-18,21,23-24H,3-5,10-16H2/t21?,24-/m0/s1. The van der Waals surface area contributed by atoms with Crippen molar-refractivity contribution in [2.24, 2.45) is 11.8 Å². The molecule has 0 aromatic heterocycles. The first-order valence-corrected chi connectivity index (χ1v) is 14.3. The number of nitrogens with zero attached hydrogens (tertiary/aromatic N) is 2. The van der Waals surface area contributed by atoms with Crippen molar-refractivity contribution in [1.29, 1.82) is 0 Å². The number of hydrogen-bond donors (Lipinski definition) is 0. The molecule has 2 fully saturated rings. The molecule has 39 heavy (non-hydrogen) atoms. The minimum absolute atomic E-state index is 0.0704. The molecule has 0 bridgehead atoms. The molecular formula is C30H31Cl2F3N2O2. The Labute approximate surface area is 236 Å². The van der Waals surface area contributed by atoms with E-state index >= 15 is 0 Å². The Morgan fingerprint density at radius 3 is 2.15 bits per heavy atom. The van der Waals surface area contributed by atoms with Gasteiger partial charge in [-0.05, 0) is 85.9 Å². The normalized spacial score (nSPS) is 22.5. The molecule has 5 rings (SSSR count). The van der Waals surface area contributed by atoms with Gasteiger partial charge in [0, 0.05) is 47.2 Å². The van der Waals surface area contributed by atoms with Crippen LogP contribution in [-0.4, -0.2) is 53.5 Å². The van der Waals surface area contributed by atoms with E-state index in [0.717, 1.165) is 48.9 Å². The summed E-state index contributed by atoms with van der Waals surface area (Å²) in [6.07, 6.45) is 4.18. The third kappa shape index (κ3) is 6.14. The van der Waals surface area contributed by atoms with Crippen LogP contribution in [0.3, 0.4) is 0 Å². The average Bonchev–Trinajstić information content (AvgIpc) is 3.30. The zero-order valence-electron chi connectivity index (χ0n) is 21.5. The molecule has 4 nitrogen and oxygen atoms in total. The highest BCUT2D eigenvalue weighted by Crippen LogP contribution is 2.37. The molecule has 208 valence electrons. The van der Waals surface area contributed by atoms with E-state index in [1.807, 2.05) is 17.0 Å². The third-order valence-electron chi connectivity index (χ3n) is 8.33. The Hall–Kier alpha value is -2.51. The van der Waals surface area contributed by atoms with Gasteiger partial charge in [0.2, 0.25) is 5.91 Å².